The molecule has 1 aliphatic heterocycles. The van der Waals surface area contributed by atoms with Crippen LogP contribution in [0.1, 0.15) is 5.56 Å². The third kappa shape index (κ3) is 4.80. The number of piperazine rings is 1. The molecule has 1 saturated heterocycles. The van der Waals surface area contributed by atoms with Crippen molar-refractivity contribution in [1.82, 2.24) is 25.3 Å². The Morgan fingerprint density at radius 2 is 1.89 bits per heavy atom. The number of anilines is 3. The van der Waals surface area contributed by atoms with Gasteiger partial charge in [0.25, 0.3) is 0 Å². The summed E-state index contributed by atoms with van der Waals surface area (Å²) < 4.78 is 44.8. The summed E-state index contributed by atoms with van der Waals surface area (Å²) in [5.41, 5.74) is 0.834. The minimum Gasteiger partial charge on any atom is -0.494 e. The van der Waals surface area contributed by atoms with E-state index in [0.717, 1.165) is 49.5 Å². The van der Waals surface area contributed by atoms with Gasteiger partial charge in [0.1, 0.15) is 17.4 Å². The van der Waals surface area contributed by atoms with Gasteiger partial charge in [0.2, 0.25) is 0 Å². The Hall–Kier alpha value is -3.99. The van der Waals surface area contributed by atoms with E-state index in [1.165, 1.54) is 6.07 Å². The summed E-state index contributed by atoms with van der Waals surface area (Å²) >= 11 is 0. The molecule has 0 atom stereocenters. The lowest BCUT2D eigenvalue weighted by atomic mass is 10.2. The summed E-state index contributed by atoms with van der Waals surface area (Å²) in [6.07, 6.45) is 0.437. The van der Waals surface area contributed by atoms with E-state index in [-0.39, 0.29) is 5.69 Å². The summed E-state index contributed by atoms with van der Waals surface area (Å²) in [5.74, 6) is 2.16. The number of halogens is 3. The highest BCUT2D eigenvalue weighted by atomic mass is 19.4. The average Bonchev–Trinajstić information content (AvgIpc) is 2.88. The Kier molecular flexibility index (Phi) is 6.08. The monoisotopic (exact) mass is 481 g/mol. The van der Waals surface area contributed by atoms with Crippen molar-refractivity contribution < 1.29 is 17.9 Å². The van der Waals surface area contributed by atoms with Gasteiger partial charge >= 0.3 is 6.18 Å². The van der Waals surface area contributed by atoms with Crippen LogP contribution in [-0.4, -0.2) is 53.2 Å². The largest absolute Gasteiger partial charge is 0.494 e. The first-order chi connectivity index (χ1) is 16.9. The quantitative estimate of drug-likeness (QED) is 0.437. The molecule has 0 bridgehead atoms. The first-order valence-corrected chi connectivity index (χ1v) is 11.0. The lowest BCUT2D eigenvalue weighted by Crippen LogP contribution is -2.44. The molecule has 0 saturated carbocycles. The number of rotatable bonds is 5. The maximum Gasteiger partial charge on any atom is 0.416 e. The van der Waals surface area contributed by atoms with Crippen LogP contribution in [0.2, 0.25) is 0 Å². The molecule has 4 heterocycles. The summed E-state index contributed by atoms with van der Waals surface area (Å²) in [4.78, 5) is 20.3. The zero-order chi connectivity index (χ0) is 24.4. The van der Waals surface area contributed by atoms with Gasteiger partial charge in [0.15, 0.2) is 5.82 Å². The lowest BCUT2D eigenvalue weighted by molar-refractivity contribution is -0.137. The van der Waals surface area contributed by atoms with Gasteiger partial charge in [0.05, 0.1) is 36.0 Å². The predicted octanol–water partition coefficient (Wildman–Crippen LogP) is 4.27. The summed E-state index contributed by atoms with van der Waals surface area (Å²) in [6.45, 7) is 3.20. The van der Waals surface area contributed by atoms with Crippen LogP contribution in [0.3, 0.4) is 0 Å². The molecule has 8 nitrogen and oxygen atoms in total. The molecule has 1 aliphatic rings. The number of pyridine rings is 2. The number of aromatic nitrogens is 4. The van der Waals surface area contributed by atoms with Crippen molar-refractivity contribution in [3.05, 3.63) is 60.6 Å². The number of alkyl halides is 3. The number of methoxy groups -OCH3 is 1. The lowest BCUT2D eigenvalue weighted by Gasteiger charge is -2.29. The van der Waals surface area contributed by atoms with Gasteiger partial charge in [-0.25, -0.2) is 15.0 Å². The van der Waals surface area contributed by atoms with E-state index in [9.17, 15) is 13.2 Å². The second-order valence-electron chi connectivity index (χ2n) is 7.98. The molecule has 0 spiro atoms. The summed E-state index contributed by atoms with van der Waals surface area (Å²) in [5, 5.41) is 7.06. The third-order valence-corrected chi connectivity index (χ3v) is 5.67. The van der Waals surface area contributed by atoms with E-state index >= 15 is 0 Å². The van der Waals surface area contributed by atoms with Crippen LogP contribution in [0.4, 0.5) is 30.5 Å². The molecule has 0 amide bonds. The Labute approximate surface area is 199 Å². The molecule has 1 fully saturated rings. The van der Waals surface area contributed by atoms with Crippen LogP contribution < -0.4 is 20.3 Å². The number of hydrogen-bond acceptors (Lipinski definition) is 8. The molecule has 3 aromatic heterocycles. The number of ether oxygens (including phenoxy) is 1. The molecule has 5 rings (SSSR count). The number of benzene rings is 1. The molecule has 1 aromatic carbocycles. The highest BCUT2D eigenvalue weighted by molar-refractivity contribution is 5.95. The Morgan fingerprint density at radius 1 is 1.06 bits per heavy atom. The molecule has 0 unspecified atom stereocenters. The maximum absolute atomic E-state index is 13.1. The van der Waals surface area contributed by atoms with Crippen molar-refractivity contribution in [2.75, 3.05) is 43.5 Å². The third-order valence-electron chi connectivity index (χ3n) is 5.67. The van der Waals surface area contributed by atoms with Crippen molar-refractivity contribution in [2.45, 2.75) is 6.18 Å². The Balaban J connectivity index is 1.54. The van der Waals surface area contributed by atoms with Gasteiger partial charge in [0, 0.05) is 43.6 Å². The van der Waals surface area contributed by atoms with Crippen LogP contribution in [0.15, 0.2) is 55.0 Å². The number of nitrogens with one attached hydrogen (secondary N) is 2. The van der Waals surface area contributed by atoms with Gasteiger partial charge in [-0.2, -0.15) is 13.2 Å². The topological polar surface area (TPSA) is 88.1 Å². The van der Waals surface area contributed by atoms with Gasteiger partial charge < -0.3 is 20.3 Å². The molecular weight excluding hydrogens is 459 g/mol. The second-order valence-corrected chi connectivity index (χ2v) is 7.98. The summed E-state index contributed by atoms with van der Waals surface area (Å²) in [6, 6.07) is 8.43. The fourth-order valence-corrected chi connectivity index (χ4v) is 3.98. The number of fused-ring (bicyclic) bond motifs is 1. The number of nitrogens with zero attached hydrogens (tertiary/aromatic N) is 5. The fourth-order valence-electron chi connectivity index (χ4n) is 3.98. The van der Waals surface area contributed by atoms with Crippen molar-refractivity contribution in [2.24, 2.45) is 0 Å². The molecule has 11 heteroatoms. The van der Waals surface area contributed by atoms with Crippen molar-refractivity contribution in [1.29, 1.82) is 0 Å². The minimum absolute atomic E-state index is 0.277. The highest BCUT2D eigenvalue weighted by Crippen LogP contribution is 2.35. The second kappa shape index (κ2) is 9.34. The first kappa shape index (κ1) is 22.8. The normalized spacial score (nSPS) is 14.2. The predicted molar refractivity (Wildman–Crippen MR) is 127 cm³/mol. The van der Waals surface area contributed by atoms with E-state index in [2.05, 4.69) is 25.5 Å². The van der Waals surface area contributed by atoms with Gasteiger partial charge in [-0.1, -0.05) is 6.07 Å². The van der Waals surface area contributed by atoms with Crippen LogP contribution in [0.5, 0.6) is 5.75 Å². The smallest absolute Gasteiger partial charge is 0.416 e. The van der Waals surface area contributed by atoms with Crippen LogP contribution >= 0.6 is 0 Å². The fraction of sp³-hybridized carbons (Fsp3) is 0.250. The average molecular weight is 481 g/mol. The number of hydrogen-bond donors (Lipinski definition) is 2. The van der Waals surface area contributed by atoms with Gasteiger partial charge in [-0.05, 0) is 30.3 Å². The van der Waals surface area contributed by atoms with E-state index in [1.54, 1.807) is 43.9 Å². The molecule has 0 radical (unpaired) electrons. The molecule has 180 valence electrons. The van der Waals surface area contributed by atoms with Crippen molar-refractivity contribution in [3.8, 4) is 17.1 Å². The molecular formula is C24H22F3N7O. The van der Waals surface area contributed by atoms with Crippen molar-refractivity contribution >= 4 is 28.2 Å². The van der Waals surface area contributed by atoms with Gasteiger partial charge in [-0.15, -0.1) is 0 Å². The zero-order valence-corrected chi connectivity index (χ0v) is 18.8. The van der Waals surface area contributed by atoms with Crippen LogP contribution in [0.25, 0.3) is 22.3 Å². The molecule has 35 heavy (non-hydrogen) atoms. The van der Waals surface area contributed by atoms with Crippen LogP contribution in [-0.2, 0) is 6.18 Å². The molecule has 2 N–H and O–H groups in total. The van der Waals surface area contributed by atoms with E-state index in [0.29, 0.717) is 28.5 Å². The molecule has 4 aromatic rings. The van der Waals surface area contributed by atoms with E-state index < -0.39 is 11.7 Å². The maximum atomic E-state index is 13.1. The zero-order valence-electron chi connectivity index (χ0n) is 18.8. The van der Waals surface area contributed by atoms with Crippen molar-refractivity contribution in [3.63, 3.8) is 0 Å². The minimum atomic E-state index is -4.43. The Morgan fingerprint density at radius 3 is 2.66 bits per heavy atom. The van der Waals surface area contributed by atoms with Gasteiger partial charge in [-0.3, -0.25) is 4.98 Å². The van der Waals surface area contributed by atoms with Crippen LogP contribution in [0, 0.1) is 0 Å². The SMILES string of the molecule is COc1cncc2nc(-c3ccnc(Nc4cccc(C(F)(F)F)c4)c3)nc(N3CCNCC3)c12. The standard InChI is InChI=1S/C24H22F3N7O/c1-35-19-14-29-13-18-21(19)23(34-9-7-28-8-10-34)33-22(32-18)15-5-6-30-20(11-15)31-17-4-2-3-16(12-17)24(25,26)27/h2-6,11-14,28H,7-10H2,1H3,(H,30,31). The highest BCUT2D eigenvalue weighted by Gasteiger charge is 2.30. The Bertz CT molecular complexity index is 1360. The first-order valence-electron chi connectivity index (χ1n) is 11.0. The summed E-state index contributed by atoms with van der Waals surface area (Å²) in [7, 11) is 1.58. The van der Waals surface area contributed by atoms with E-state index in [1.807, 2.05) is 0 Å². The van der Waals surface area contributed by atoms with E-state index in [4.69, 9.17) is 14.7 Å². The molecule has 0 aliphatic carbocycles.